The Morgan fingerprint density at radius 3 is 2.47 bits per heavy atom. The zero-order valence-corrected chi connectivity index (χ0v) is 11.2. The van der Waals surface area contributed by atoms with Gasteiger partial charge in [0.1, 0.15) is 0 Å². The van der Waals surface area contributed by atoms with E-state index < -0.39 is 0 Å². The number of ketones is 1. The molecule has 0 aromatic heterocycles. The van der Waals surface area contributed by atoms with Crippen LogP contribution < -0.4 is 0 Å². The molecule has 0 N–H and O–H groups in total. The first-order valence-electron chi connectivity index (χ1n) is 7.13. The Kier molecular flexibility index (Phi) is 4.20. The molecule has 0 amide bonds. The molecular weight excluding hydrogens is 208 g/mol. The maximum Gasteiger partial charge on any atom is 0.184 e. The van der Waals surface area contributed by atoms with Gasteiger partial charge in [0.25, 0.3) is 0 Å². The first-order chi connectivity index (χ1) is 8.18. The molecular formula is C16H24O. The van der Waals surface area contributed by atoms with Crippen molar-refractivity contribution in [2.45, 2.75) is 65.2 Å². The molecule has 2 saturated carbocycles. The van der Waals surface area contributed by atoms with Gasteiger partial charge in [-0.3, -0.25) is 4.79 Å². The number of hydrogen-bond donors (Lipinski definition) is 0. The summed E-state index contributed by atoms with van der Waals surface area (Å²) in [7, 11) is 0. The third kappa shape index (κ3) is 3.08. The lowest BCUT2D eigenvalue weighted by atomic mass is 10.0. The summed E-state index contributed by atoms with van der Waals surface area (Å²) in [5.41, 5.74) is 3.75. The molecule has 0 heterocycles. The molecule has 17 heavy (non-hydrogen) atoms. The predicted octanol–water partition coefficient (Wildman–Crippen LogP) is 4.58. The lowest BCUT2D eigenvalue weighted by Crippen LogP contribution is -1.99. The lowest BCUT2D eigenvalue weighted by Gasteiger charge is -2.02. The van der Waals surface area contributed by atoms with E-state index in [9.17, 15) is 4.79 Å². The summed E-state index contributed by atoms with van der Waals surface area (Å²) in [6, 6.07) is 0. The molecule has 0 bridgehead atoms. The van der Waals surface area contributed by atoms with E-state index in [4.69, 9.17) is 0 Å². The molecule has 0 spiro atoms. The quantitative estimate of drug-likeness (QED) is 0.651. The number of allylic oxidation sites excluding steroid dienone is 4. The summed E-state index contributed by atoms with van der Waals surface area (Å²) >= 11 is 0. The molecule has 0 radical (unpaired) electrons. The van der Waals surface area contributed by atoms with Crippen molar-refractivity contribution in [2.75, 3.05) is 0 Å². The Bertz CT molecular complexity index is 350. The smallest absolute Gasteiger partial charge is 0.184 e. The molecule has 0 aromatic rings. The molecule has 2 fully saturated rings. The standard InChI is InChI=1S/C16H24O/c1-12(2)6-5-9-14-10-11-15(16(14)17)13-7-3-4-8-13/h9,12H,3-8,10-11H2,1-2H3. The van der Waals surface area contributed by atoms with Crippen LogP contribution in [0.5, 0.6) is 0 Å². The first kappa shape index (κ1) is 12.6. The molecule has 0 aromatic carbocycles. The van der Waals surface area contributed by atoms with Gasteiger partial charge in [-0.15, -0.1) is 0 Å². The van der Waals surface area contributed by atoms with E-state index >= 15 is 0 Å². The third-order valence-electron chi connectivity index (χ3n) is 3.98. The number of Topliss-reactive ketones (excluding diaryl/α,β-unsaturated/α-hetero) is 1. The zero-order valence-electron chi connectivity index (χ0n) is 11.2. The van der Waals surface area contributed by atoms with Crippen molar-refractivity contribution in [1.29, 1.82) is 0 Å². The highest BCUT2D eigenvalue weighted by Gasteiger charge is 2.26. The normalized spacial score (nSPS) is 23.5. The van der Waals surface area contributed by atoms with E-state index in [1.165, 1.54) is 43.3 Å². The van der Waals surface area contributed by atoms with Crippen molar-refractivity contribution >= 4 is 5.78 Å². The molecule has 0 aliphatic heterocycles. The van der Waals surface area contributed by atoms with Crippen molar-refractivity contribution in [2.24, 2.45) is 5.92 Å². The molecule has 0 atom stereocenters. The van der Waals surface area contributed by atoms with E-state index in [-0.39, 0.29) is 0 Å². The molecule has 1 heteroatoms. The van der Waals surface area contributed by atoms with Crippen molar-refractivity contribution in [3.63, 3.8) is 0 Å². The molecule has 0 unspecified atom stereocenters. The Morgan fingerprint density at radius 1 is 1.12 bits per heavy atom. The molecule has 2 aliphatic carbocycles. The Morgan fingerprint density at radius 2 is 1.82 bits per heavy atom. The average molecular weight is 232 g/mol. The second kappa shape index (κ2) is 5.66. The van der Waals surface area contributed by atoms with Crippen LogP contribution >= 0.6 is 0 Å². The molecule has 2 aliphatic rings. The third-order valence-corrected chi connectivity index (χ3v) is 3.98. The van der Waals surface area contributed by atoms with Gasteiger partial charge in [0.15, 0.2) is 5.78 Å². The van der Waals surface area contributed by atoms with Crippen molar-refractivity contribution in [1.82, 2.24) is 0 Å². The highest BCUT2D eigenvalue weighted by Crippen LogP contribution is 2.35. The number of rotatable bonds is 3. The van der Waals surface area contributed by atoms with Crippen LogP contribution in [-0.2, 0) is 4.79 Å². The summed E-state index contributed by atoms with van der Waals surface area (Å²) in [6.07, 6.45) is 11.4. The fraction of sp³-hybridized carbons (Fsp3) is 0.688. The zero-order chi connectivity index (χ0) is 12.3. The van der Waals surface area contributed by atoms with E-state index in [0.717, 1.165) is 30.8 Å². The number of hydrogen-bond acceptors (Lipinski definition) is 1. The largest absolute Gasteiger partial charge is 0.289 e. The summed E-state index contributed by atoms with van der Waals surface area (Å²) < 4.78 is 0. The SMILES string of the molecule is CC(C)CCC=C1CCC(=C2CCCC2)C1=O. The van der Waals surface area contributed by atoms with Gasteiger partial charge in [0, 0.05) is 0 Å². The highest BCUT2D eigenvalue weighted by atomic mass is 16.1. The summed E-state index contributed by atoms with van der Waals surface area (Å²) in [5, 5.41) is 0. The summed E-state index contributed by atoms with van der Waals surface area (Å²) in [5.74, 6) is 1.11. The van der Waals surface area contributed by atoms with Gasteiger partial charge in [-0.05, 0) is 68.4 Å². The van der Waals surface area contributed by atoms with Gasteiger partial charge in [0.05, 0.1) is 0 Å². The number of carbonyl (C=O) groups excluding carboxylic acids is 1. The minimum atomic E-state index is 0.380. The first-order valence-corrected chi connectivity index (χ1v) is 7.13. The Balaban J connectivity index is 2.00. The van der Waals surface area contributed by atoms with Gasteiger partial charge >= 0.3 is 0 Å². The Hall–Kier alpha value is -0.850. The van der Waals surface area contributed by atoms with Crippen molar-refractivity contribution in [3.05, 3.63) is 22.8 Å². The van der Waals surface area contributed by atoms with E-state index in [0.29, 0.717) is 5.78 Å². The van der Waals surface area contributed by atoms with Gasteiger partial charge in [-0.2, -0.15) is 0 Å². The summed E-state index contributed by atoms with van der Waals surface area (Å²) in [6.45, 7) is 4.47. The summed E-state index contributed by atoms with van der Waals surface area (Å²) in [4.78, 5) is 12.2. The van der Waals surface area contributed by atoms with Crippen LogP contribution in [0.3, 0.4) is 0 Å². The van der Waals surface area contributed by atoms with E-state index in [1.54, 1.807) is 0 Å². The molecule has 1 nitrogen and oxygen atoms in total. The predicted molar refractivity (Wildman–Crippen MR) is 71.9 cm³/mol. The second-order valence-corrected chi connectivity index (χ2v) is 5.82. The Labute approximate surface area is 105 Å². The average Bonchev–Trinajstić information content (AvgIpc) is 2.88. The van der Waals surface area contributed by atoms with Crippen LogP contribution in [-0.4, -0.2) is 5.78 Å². The minimum absolute atomic E-state index is 0.380. The van der Waals surface area contributed by atoms with Gasteiger partial charge in [-0.25, -0.2) is 0 Å². The molecule has 94 valence electrons. The highest BCUT2D eigenvalue weighted by molar-refractivity contribution is 6.11. The van der Waals surface area contributed by atoms with Crippen LogP contribution in [0.1, 0.15) is 65.2 Å². The van der Waals surface area contributed by atoms with Crippen LogP contribution in [0.15, 0.2) is 22.8 Å². The van der Waals surface area contributed by atoms with E-state index in [1.807, 2.05) is 0 Å². The van der Waals surface area contributed by atoms with Crippen molar-refractivity contribution in [3.8, 4) is 0 Å². The maximum atomic E-state index is 12.2. The van der Waals surface area contributed by atoms with Crippen LogP contribution in [0.25, 0.3) is 0 Å². The number of carbonyl (C=O) groups is 1. The monoisotopic (exact) mass is 232 g/mol. The second-order valence-electron chi connectivity index (χ2n) is 5.82. The topological polar surface area (TPSA) is 17.1 Å². The van der Waals surface area contributed by atoms with Crippen LogP contribution in [0, 0.1) is 5.92 Å². The van der Waals surface area contributed by atoms with Gasteiger partial charge in [0.2, 0.25) is 0 Å². The maximum absolute atomic E-state index is 12.2. The molecule has 2 rings (SSSR count). The van der Waals surface area contributed by atoms with E-state index in [2.05, 4.69) is 19.9 Å². The van der Waals surface area contributed by atoms with Crippen molar-refractivity contribution < 1.29 is 4.79 Å². The van der Waals surface area contributed by atoms with Crippen LogP contribution in [0.2, 0.25) is 0 Å². The van der Waals surface area contributed by atoms with Crippen LogP contribution in [0.4, 0.5) is 0 Å². The lowest BCUT2D eigenvalue weighted by molar-refractivity contribution is -0.111. The van der Waals surface area contributed by atoms with Gasteiger partial charge < -0.3 is 0 Å². The molecule has 0 saturated heterocycles. The van der Waals surface area contributed by atoms with Gasteiger partial charge in [-0.1, -0.05) is 25.5 Å². The minimum Gasteiger partial charge on any atom is -0.289 e. The fourth-order valence-electron chi connectivity index (χ4n) is 2.91. The fourth-order valence-corrected chi connectivity index (χ4v) is 2.91.